The van der Waals surface area contributed by atoms with E-state index >= 15 is 0 Å². The molecule has 32 heavy (non-hydrogen) atoms. The van der Waals surface area contributed by atoms with Gasteiger partial charge < -0.3 is 5.32 Å². The van der Waals surface area contributed by atoms with E-state index in [2.05, 4.69) is 41.4 Å². The third kappa shape index (κ3) is 3.76. The molecule has 0 unspecified atom stereocenters. The number of aryl methyl sites for hydroxylation is 1. The van der Waals surface area contributed by atoms with Crippen LogP contribution in [0.2, 0.25) is 0 Å². The van der Waals surface area contributed by atoms with Gasteiger partial charge >= 0.3 is 0 Å². The quantitative estimate of drug-likeness (QED) is 0.401. The summed E-state index contributed by atoms with van der Waals surface area (Å²) in [6.07, 6.45) is 3.28. The molecule has 0 radical (unpaired) electrons. The van der Waals surface area contributed by atoms with Crippen molar-refractivity contribution < 1.29 is 9.18 Å². The standard InChI is InChI=1S/C22H15BrFN7O/c1-13-3-2-4-21(27-13)31-19(14-5-8-20-25-12-26-30(20)11-14)10-18(29-31)22(32)28-17-7-6-15(24)9-16(17)23/h2-12H,1H3,(H,28,32). The normalized spacial score (nSPS) is 11.1. The minimum Gasteiger partial charge on any atom is -0.320 e. The summed E-state index contributed by atoms with van der Waals surface area (Å²) in [5.41, 5.74) is 3.57. The van der Waals surface area contributed by atoms with E-state index in [1.54, 1.807) is 15.3 Å². The van der Waals surface area contributed by atoms with Gasteiger partial charge in [0.2, 0.25) is 0 Å². The highest BCUT2D eigenvalue weighted by Crippen LogP contribution is 2.26. The molecule has 0 fully saturated rings. The van der Waals surface area contributed by atoms with Gasteiger partial charge in [-0.1, -0.05) is 6.07 Å². The maximum Gasteiger partial charge on any atom is 0.276 e. The second kappa shape index (κ2) is 7.97. The largest absolute Gasteiger partial charge is 0.320 e. The number of hydrogen-bond donors (Lipinski definition) is 1. The van der Waals surface area contributed by atoms with Gasteiger partial charge in [0.15, 0.2) is 17.2 Å². The zero-order chi connectivity index (χ0) is 22.2. The number of carbonyl (C=O) groups is 1. The molecule has 1 N–H and O–H groups in total. The number of nitrogens with zero attached hydrogens (tertiary/aromatic N) is 6. The predicted molar refractivity (Wildman–Crippen MR) is 120 cm³/mol. The van der Waals surface area contributed by atoms with Crippen molar-refractivity contribution in [1.82, 2.24) is 29.4 Å². The number of carbonyl (C=O) groups excluding carboxylic acids is 1. The molecule has 5 rings (SSSR count). The van der Waals surface area contributed by atoms with Gasteiger partial charge in [-0.25, -0.2) is 23.6 Å². The Kier molecular flexibility index (Phi) is 4.98. The number of nitrogens with one attached hydrogen (secondary N) is 1. The van der Waals surface area contributed by atoms with Crippen molar-refractivity contribution in [3.63, 3.8) is 0 Å². The lowest BCUT2D eigenvalue weighted by molar-refractivity contribution is 0.102. The molecule has 1 aromatic carbocycles. The van der Waals surface area contributed by atoms with Crippen molar-refractivity contribution in [2.75, 3.05) is 5.32 Å². The number of pyridine rings is 2. The molecule has 0 atom stereocenters. The molecule has 0 aliphatic carbocycles. The first-order valence-electron chi connectivity index (χ1n) is 9.58. The van der Waals surface area contributed by atoms with E-state index in [0.29, 0.717) is 27.3 Å². The number of fused-ring (bicyclic) bond motifs is 1. The van der Waals surface area contributed by atoms with Crippen molar-refractivity contribution in [3.8, 4) is 17.1 Å². The number of anilines is 1. The Morgan fingerprint density at radius 2 is 2.00 bits per heavy atom. The summed E-state index contributed by atoms with van der Waals surface area (Å²) in [5, 5.41) is 11.5. The van der Waals surface area contributed by atoms with Gasteiger partial charge in [0.1, 0.15) is 12.1 Å². The zero-order valence-electron chi connectivity index (χ0n) is 16.7. The minimum atomic E-state index is -0.438. The lowest BCUT2D eigenvalue weighted by atomic mass is 10.2. The van der Waals surface area contributed by atoms with Crippen LogP contribution in [0.15, 0.2) is 71.6 Å². The van der Waals surface area contributed by atoms with Gasteiger partial charge in [-0.05, 0) is 71.4 Å². The average Bonchev–Trinajstić information content (AvgIpc) is 3.42. The molecule has 0 saturated carbocycles. The Hall–Kier alpha value is -3.92. The van der Waals surface area contributed by atoms with Crippen molar-refractivity contribution in [2.45, 2.75) is 6.92 Å². The summed E-state index contributed by atoms with van der Waals surface area (Å²) >= 11 is 3.26. The van der Waals surface area contributed by atoms with Crippen LogP contribution in [-0.2, 0) is 0 Å². The summed E-state index contributed by atoms with van der Waals surface area (Å²) < 4.78 is 17.1. The first kappa shape index (κ1) is 20.0. The van der Waals surface area contributed by atoms with Crippen LogP contribution in [0, 0.1) is 12.7 Å². The summed E-state index contributed by atoms with van der Waals surface area (Å²) in [4.78, 5) is 21.7. The fourth-order valence-corrected chi connectivity index (χ4v) is 3.71. The van der Waals surface area contributed by atoms with E-state index in [0.717, 1.165) is 11.3 Å². The second-order valence-electron chi connectivity index (χ2n) is 7.02. The van der Waals surface area contributed by atoms with Crippen molar-refractivity contribution in [1.29, 1.82) is 0 Å². The highest BCUT2D eigenvalue weighted by atomic mass is 79.9. The van der Waals surface area contributed by atoms with Gasteiger partial charge in [0.05, 0.1) is 11.4 Å². The zero-order valence-corrected chi connectivity index (χ0v) is 18.3. The van der Waals surface area contributed by atoms with E-state index in [1.807, 2.05) is 43.5 Å². The van der Waals surface area contributed by atoms with Gasteiger partial charge in [-0.2, -0.15) is 10.2 Å². The van der Waals surface area contributed by atoms with Gasteiger partial charge in [-0.15, -0.1) is 0 Å². The first-order chi connectivity index (χ1) is 15.5. The van der Waals surface area contributed by atoms with Crippen molar-refractivity contribution in [2.24, 2.45) is 0 Å². The van der Waals surface area contributed by atoms with Gasteiger partial charge in [0.25, 0.3) is 5.91 Å². The molecule has 0 bridgehead atoms. The Bertz CT molecular complexity index is 1480. The number of benzene rings is 1. The van der Waals surface area contributed by atoms with E-state index in [9.17, 15) is 9.18 Å². The molecule has 1 amide bonds. The smallest absolute Gasteiger partial charge is 0.276 e. The number of amides is 1. The van der Waals surface area contributed by atoms with E-state index in [-0.39, 0.29) is 5.69 Å². The van der Waals surface area contributed by atoms with Gasteiger partial charge in [-0.3, -0.25) is 4.79 Å². The maximum absolute atomic E-state index is 13.4. The molecule has 4 heterocycles. The molecule has 10 heteroatoms. The first-order valence-corrected chi connectivity index (χ1v) is 10.4. The van der Waals surface area contributed by atoms with Crippen LogP contribution in [-0.4, -0.2) is 35.3 Å². The van der Waals surface area contributed by atoms with Crippen LogP contribution in [0.1, 0.15) is 16.2 Å². The molecular weight excluding hydrogens is 477 g/mol. The fourth-order valence-electron chi connectivity index (χ4n) is 3.26. The molecule has 0 spiro atoms. The van der Waals surface area contributed by atoms with Crippen LogP contribution >= 0.6 is 15.9 Å². The maximum atomic E-state index is 13.4. The van der Waals surface area contributed by atoms with Crippen LogP contribution in [0.4, 0.5) is 10.1 Å². The molecular formula is C22H15BrFN7O. The van der Waals surface area contributed by atoms with Crippen LogP contribution in [0.25, 0.3) is 22.7 Å². The number of hydrogen-bond acceptors (Lipinski definition) is 5. The van der Waals surface area contributed by atoms with Crippen molar-refractivity contribution in [3.05, 3.63) is 88.8 Å². The monoisotopic (exact) mass is 491 g/mol. The van der Waals surface area contributed by atoms with E-state index in [4.69, 9.17) is 0 Å². The van der Waals surface area contributed by atoms with Crippen LogP contribution in [0.5, 0.6) is 0 Å². The summed E-state index contributed by atoms with van der Waals surface area (Å²) in [6, 6.07) is 15.0. The Balaban J connectivity index is 1.59. The molecule has 0 saturated heterocycles. The lowest BCUT2D eigenvalue weighted by Gasteiger charge is -2.07. The Morgan fingerprint density at radius 3 is 2.81 bits per heavy atom. The predicted octanol–water partition coefficient (Wildman–Crippen LogP) is 4.44. The molecule has 8 nitrogen and oxygen atoms in total. The SMILES string of the molecule is Cc1cccc(-n2nc(C(=O)Nc3ccc(F)cc3Br)cc2-c2ccc3ncnn3c2)n1. The fraction of sp³-hybridized carbons (Fsp3) is 0.0455. The molecule has 158 valence electrons. The summed E-state index contributed by atoms with van der Waals surface area (Å²) in [5.74, 6) is -0.275. The number of rotatable bonds is 4. The van der Waals surface area contributed by atoms with Gasteiger partial charge in [0, 0.05) is 21.9 Å². The number of aromatic nitrogens is 6. The van der Waals surface area contributed by atoms with Crippen LogP contribution in [0.3, 0.4) is 0 Å². The molecule has 4 aromatic heterocycles. The molecule has 5 aromatic rings. The highest BCUT2D eigenvalue weighted by molar-refractivity contribution is 9.10. The Labute approximate surface area is 189 Å². The topological polar surface area (TPSA) is 90.0 Å². The average molecular weight is 492 g/mol. The van der Waals surface area contributed by atoms with Crippen LogP contribution < -0.4 is 5.32 Å². The second-order valence-corrected chi connectivity index (χ2v) is 7.88. The lowest BCUT2D eigenvalue weighted by Crippen LogP contribution is -2.14. The molecule has 0 aliphatic heterocycles. The van der Waals surface area contributed by atoms with E-state index < -0.39 is 11.7 Å². The van der Waals surface area contributed by atoms with E-state index in [1.165, 1.54) is 24.5 Å². The summed E-state index contributed by atoms with van der Waals surface area (Å²) in [7, 11) is 0. The minimum absolute atomic E-state index is 0.179. The third-order valence-corrected chi connectivity index (χ3v) is 5.44. The molecule has 0 aliphatic rings. The Morgan fingerprint density at radius 1 is 1.12 bits per heavy atom. The third-order valence-electron chi connectivity index (χ3n) is 4.78. The highest BCUT2D eigenvalue weighted by Gasteiger charge is 2.19. The van der Waals surface area contributed by atoms with Crippen molar-refractivity contribution >= 4 is 33.2 Å². The number of halogens is 2. The summed E-state index contributed by atoms with van der Waals surface area (Å²) in [6.45, 7) is 1.88.